The molecule has 0 atom stereocenters. The van der Waals surface area contributed by atoms with Crippen molar-refractivity contribution in [1.82, 2.24) is 9.88 Å². The Labute approximate surface area is 136 Å². The highest BCUT2D eigenvalue weighted by atomic mass is 32.2. The Kier molecular flexibility index (Phi) is 5.11. The molecule has 2 rings (SSSR count). The second-order valence-corrected chi connectivity index (χ2v) is 7.25. The molecular formula is C16H22N2O4S. The predicted molar refractivity (Wildman–Crippen MR) is 87.3 cm³/mol. The van der Waals surface area contributed by atoms with Crippen LogP contribution in [0.5, 0.6) is 5.75 Å². The Hall–Kier alpha value is -1.86. The van der Waals surface area contributed by atoms with E-state index in [1.165, 1.54) is 0 Å². The van der Waals surface area contributed by atoms with Crippen LogP contribution < -0.4 is 9.46 Å². The first-order valence-electron chi connectivity index (χ1n) is 7.33. The Morgan fingerprint density at radius 2 is 1.87 bits per heavy atom. The van der Waals surface area contributed by atoms with Gasteiger partial charge in [-0.05, 0) is 56.9 Å². The van der Waals surface area contributed by atoms with Gasteiger partial charge in [0.15, 0.2) is 5.76 Å². The quantitative estimate of drug-likeness (QED) is 0.875. The van der Waals surface area contributed by atoms with Crippen LogP contribution >= 0.6 is 0 Å². The molecule has 126 valence electrons. The van der Waals surface area contributed by atoms with Crippen LogP contribution in [0.2, 0.25) is 0 Å². The molecule has 1 heterocycles. The van der Waals surface area contributed by atoms with Crippen molar-refractivity contribution in [3.63, 3.8) is 0 Å². The number of nitrogens with one attached hydrogen (secondary N) is 1. The first-order chi connectivity index (χ1) is 10.8. The summed E-state index contributed by atoms with van der Waals surface area (Å²) in [7, 11) is -1.98. The Bertz CT molecular complexity index is 790. The van der Waals surface area contributed by atoms with Crippen molar-refractivity contribution in [2.75, 3.05) is 13.7 Å². The van der Waals surface area contributed by atoms with Crippen LogP contribution in [0.4, 0.5) is 0 Å². The van der Waals surface area contributed by atoms with E-state index in [-0.39, 0.29) is 4.90 Å². The molecule has 0 unspecified atom stereocenters. The van der Waals surface area contributed by atoms with Gasteiger partial charge in [-0.2, -0.15) is 0 Å². The summed E-state index contributed by atoms with van der Waals surface area (Å²) in [6, 6.07) is 3.99. The third-order valence-corrected chi connectivity index (χ3v) is 5.48. The second kappa shape index (κ2) is 6.72. The van der Waals surface area contributed by atoms with Gasteiger partial charge in [-0.15, -0.1) is 0 Å². The molecule has 0 bridgehead atoms. The van der Waals surface area contributed by atoms with E-state index in [0.717, 1.165) is 22.4 Å². The summed E-state index contributed by atoms with van der Waals surface area (Å²) in [6.45, 7) is 7.46. The van der Waals surface area contributed by atoms with Crippen molar-refractivity contribution in [3.05, 3.63) is 40.3 Å². The Morgan fingerprint density at radius 1 is 1.17 bits per heavy atom. The van der Waals surface area contributed by atoms with Gasteiger partial charge in [-0.25, -0.2) is 13.1 Å². The smallest absolute Gasteiger partial charge is 0.245 e. The van der Waals surface area contributed by atoms with E-state index in [9.17, 15) is 8.42 Å². The molecule has 0 amide bonds. The highest BCUT2D eigenvalue weighted by Crippen LogP contribution is 2.23. The lowest BCUT2D eigenvalue weighted by molar-refractivity contribution is 0.390. The van der Waals surface area contributed by atoms with Crippen LogP contribution in [0.3, 0.4) is 0 Å². The van der Waals surface area contributed by atoms with Crippen LogP contribution in [0.25, 0.3) is 0 Å². The van der Waals surface area contributed by atoms with Gasteiger partial charge in [0.2, 0.25) is 10.0 Å². The van der Waals surface area contributed by atoms with Crippen molar-refractivity contribution >= 4 is 10.0 Å². The lowest BCUT2D eigenvalue weighted by atomic mass is 10.0. The number of ether oxygens (including phenoxy) is 1. The zero-order valence-electron chi connectivity index (χ0n) is 14.1. The molecule has 0 spiro atoms. The van der Waals surface area contributed by atoms with Crippen LogP contribution in [-0.4, -0.2) is 27.2 Å². The molecule has 1 aromatic heterocycles. The van der Waals surface area contributed by atoms with Crippen molar-refractivity contribution in [1.29, 1.82) is 0 Å². The van der Waals surface area contributed by atoms with Crippen molar-refractivity contribution in [2.45, 2.75) is 39.0 Å². The van der Waals surface area contributed by atoms with Gasteiger partial charge in [0.1, 0.15) is 16.3 Å². The van der Waals surface area contributed by atoms with Gasteiger partial charge in [0.25, 0.3) is 0 Å². The fraction of sp³-hybridized carbons (Fsp3) is 0.438. The molecule has 0 aliphatic heterocycles. The fourth-order valence-electron chi connectivity index (χ4n) is 2.59. The summed E-state index contributed by atoms with van der Waals surface area (Å²) in [4.78, 5) is 0.125. The summed E-state index contributed by atoms with van der Waals surface area (Å²) < 4.78 is 37.5. The third kappa shape index (κ3) is 3.73. The number of aromatic nitrogens is 1. The van der Waals surface area contributed by atoms with E-state index in [2.05, 4.69) is 9.88 Å². The average molecular weight is 338 g/mol. The summed E-state index contributed by atoms with van der Waals surface area (Å²) in [5, 5.41) is 3.69. The number of methoxy groups -OCH3 is 1. The molecule has 7 heteroatoms. The summed E-state index contributed by atoms with van der Waals surface area (Å²) in [5.41, 5.74) is 3.56. The van der Waals surface area contributed by atoms with Crippen molar-refractivity contribution in [2.24, 2.45) is 0 Å². The lowest BCUT2D eigenvalue weighted by Crippen LogP contribution is -2.27. The van der Waals surface area contributed by atoms with Crippen LogP contribution in [0, 0.1) is 27.7 Å². The van der Waals surface area contributed by atoms with Gasteiger partial charge in [-0.1, -0.05) is 11.2 Å². The number of aryl methyl sites for hydroxylation is 4. The lowest BCUT2D eigenvalue weighted by Gasteiger charge is -2.12. The molecule has 0 saturated heterocycles. The minimum absolute atomic E-state index is 0.125. The highest BCUT2D eigenvalue weighted by molar-refractivity contribution is 7.89. The standard InChI is InChI=1S/C16H22N2O4S/c1-10-9-15(21-5)11(2)8-14(10)6-7-17-23(19,20)16-12(3)18-22-13(16)4/h8-9,17H,6-7H2,1-5H3. The number of benzene rings is 1. The van der Waals surface area contributed by atoms with Crippen LogP contribution in [0.1, 0.15) is 28.1 Å². The molecule has 23 heavy (non-hydrogen) atoms. The monoisotopic (exact) mass is 338 g/mol. The van der Waals surface area contributed by atoms with E-state index >= 15 is 0 Å². The van der Waals surface area contributed by atoms with Gasteiger partial charge in [0.05, 0.1) is 7.11 Å². The number of rotatable bonds is 6. The summed E-state index contributed by atoms with van der Waals surface area (Å²) in [6.07, 6.45) is 0.597. The maximum Gasteiger partial charge on any atom is 0.245 e. The molecular weight excluding hydrogens is 316 g/mol. The van der Waals surface area contributed by atoms with Gasteiger partial charge in [0, 0.05) is 6.54 Å². The molecule has 1 aromatic carbocycles. The molecule has 0 saturated carbocycles. The number of nitrogens with zero attached hydrogens (tertiary/aromatic N) is 1. The van der Waals surface area contributed by atoms with Gasteiger partial charge < -0.3 is 9.26 Å². The normalized spacial score (nSPS) is 11.7. The maximum atomic E-state index is 12.3. The van der Waals surface area contributed by atoms with Crippen LogP contribution in [0.15, 0.2) is 21.6 Å². The molecule has 6 nitrogen and oxygen atoms in total. The SMILES string of the molecule is COc1cc(C)c(CCNS(=O)(=O)c2c(C)noc2C)cc1C. The minimum atomic E-state index is -3.62. The van der Waals surface area contributed by atoms with Gasteiger partial charge in [-0.3, -0.25) is 0 Å². The fourth-order valence-corrected chi connectivity index (χ4v) is 3.95. The van der Waals surface area contributed by atoms with E-state index < -0.39 is 10.0 Å². The highest BCUT2D eigenvalue weighted by Gasteiger charge is 2.23. The van der Waals surface area contributed by atoms with E-state index in [4.69, 9.17) is 9.26 Å². The molecule has 0 aliphatic carbocycles. The molecule has 1 N–H and O–H groups in total. The summed E-state index contributed by atoms with van der Waals surface area (Å²) >= 11 is 0. The van der Waals surface area contributed by atoms with E-state index in [1.54, 1.807) is 21.0 Å². The molecule has 0 aliphatic rings. The zero-order chi connectivity index (χ0) is 17.2. The number of sulfonamides is 1. The largest absolute Gasteiger partial charge is 0.496 e. The molecule has 2 aromatic rings. The van der Waals surface area contributed by atoms with E-state index in [1.807, 2.05) is 26.0 Å². The van der Waals surface area contributed by atoms with Crippen molar-refractivity contribution in [3.8, 4) is 5.75 Å². The first-order valence-corrected chi connectivity index (χ1v) is 8.81. The minimum Gasteiger partial charge on any atom is -0.496 e. The predicted octanol–water partition coefficient (Wildman–Crippen LogP) is 2.44. The third-order valence-electron chi connectivity index (χ3n) is 3.78. The van der Waals surface area contributed by atoms with Gasteiger partial charge >= 0.3 is 0 Å². The summed E-state index contributed by atoms with van der Waals surface area (Å²) in [5.74, 6) is 1.13. The second-order valence-electron chi connectivity index (χ2n) is 5.55. The first kappa shape index (κ1) is 17.5. The molecule has 0 radical (unpaired) electrons. The average Bonchev–Trinajstić information content (AvgIpc) is 2.82. The maximum absolute atomic E-state index is 12.3. The Morgan fingerprint density at radius 3 is 2.43 bits per heavy atom. The Balaban J connectivity index is 2.10. The van der Waals surface area contributed by atoms with E-state index in [0.29, 0.717) is 24.4 Å². The zero-order valence-corrected chi connectivity index (χ0v) is 14.9. The van der Waals surface area contributed by atoms with Crippen molar-refractivity contribution < 1.29 is 17.7 Å². The number of hydrogen-bond acceptors (Lipinski definition) is 5. The van der Waals surface area contributed by atoms with Crippen LogP contribution in [-0.2, 0) is 16.4 Å². The topological polar surface area (TPSA) is 81.4 Å². The molecule has 0 fully saturated rings. The number of hydrogen-bond donors (Lipinski definition) is 1.